The molecule has 1 atom stereocenters. The normalized spacial score (nSPS) is 20.7. The fraction of sp³-hybridized carbons (Fsp3) is 0.524. The van der Waals surface area contributed by atoms with Crippen molar-refractivity contribution in [3.05, 3.63) is 47.7 Å². The Hall–Kier alpha value is -2.50. The smallest absolute Gasteiger partial charge is 0.253 e. The molecule has 2 aromatic heterocycles. The second-order valence-electron chi connectivity index (χ2n) is 7.25. The van der Waals surface area contributed by atoms with Gasteiger partial charge in [-0.25, -0.2) is 15.0 Å². The second kappa shape index (κ2) is 8.93. The number of carbonyl (C=O) groups is 1. The van der Waals surface area contributed by atoms with Crippen molar-refractivity contribution in [1.82, 2.24) is 20.3 Å². The monoisotopic (exact) mass is 368 g/mol. The summed E-state index contributed by atoms with van der Waals surface area (Å²) in [6.07, 6.45) is 8.65. The molecule has 144 valence electrons. The van der Waals surface area contributed by atoms with Gasteiger partial charge in [0.25, 0.3) is 5.91 Å². The minimum absolute atomic E-state index is 0.0684. The van der Waals surface area contributed by atoms with Crippen molar-refractivity contribution in [2.24, 2.45) is 5.92 Å². The second-order valence-corrected chi connectivity index (χ2v) is 7.25. The molecule has 2 heterocycles. The summed E-state index contributed by atoms with van der Waals surface area (Å²) in [6.45, 7) is 4.14. The van der Waals surface area contributed by atoms with Crippen molar-refractivity contribution in [3.63, 3.8) is 0 Å². The molecule has 2 aromatic rings. The van der Waals surface area contributed by atoms with Crippen molar-refractivity contribution >= 4 is 5.91 Å². The first-order valence-corrected chi connectivity index (χ1v) is 9.71. The van der Waals surface area contributed by atoms with Crippen molar-refractivity contribution in [2.75, 3.05) is 7.11 Å². The molecule has 0 bridgehead atoms. The molecule has 0 saturated heterocycles. The molecule has 27 heavy (non-hydrogen) atoms. The van der Waals surface area contributed by atoms with Gasteiger partial charge < -0.3 is 10.1 Å². The van der Waals surface area contributed by atoms with Crippen LogP contribution in [0.3, 0.4) is 0 Å². The molecule has 0 spiro atoms. The average Bonchev–Trinajstić information content (AvgIpc) is 2.72. The fourth-order valence-electron chi connectivity index (χ4n) is 3.89. The van der Waals surface area contributed by atoms with Crippen LogP contribution in [0.2, 0.25) is 0 Å². The maximum Gasteiger partial charge on any atom is 0.253 e. The summed E-state index contributed by atoms with van der Waals surface area (Å²) in [4.78, 5) is 25.7. The summed E-state index contributed by atoms with van der Waals surface area (Å²) >= 11 is 0. The summed E-state index contributed by atoms with van der Waals surface area (Å²) in [6, 6.07) is 5.58. The quantitative estimate of drug-likeness (QED) is 0.842. The molecule has 0 aliphatic heterocycles. The highest BCUT2D eigenvalue weighted by molar-refractivity contribution is 5.94. The summed E-state index contributed by atoms with van der Waals surface area (Å²) in [7, 11) is 1.56. The first-order valence-electron chi connectivity index (χ1n) is 9.71. The first-order chi connectivity index (χ1) is 13.1. The fourth-order valence-corrected chi connectivity index (χ4v) is 3.89. The molecule has 6 nitrogen and oxygen atoms in total. The van der Waals surface area contributed by atoms with E-state index in [1.165, 1.54) is 0 Å². The van der Waals surface area contributed by atoms with E-state index in [1.54, 1.807) is 25.4 Å². The van der Waals surface area contributed by atoms with Crippen molar-refractivity contribution in [2.45, 2.75) is 57.9 Å². The van der Waals surface area contributed by atoms with E-state index in [0.29, 0.717) is 23.3 Å². The van der Waals surface area contributed by atoms with Gasteiger partial charge >= 0.3 is 0 Å². The van der Waals surface area contributed by atoms with Crippen molar-refractivity contribution in [1.29, 1.82) is 0 Å². The predicted octanol–water partition coefficient (Wildman–Crippen LogP) is 3.67. The van der Waals surface area contributed by atoms with Gasteiger partial charge in [0, 0.05) is 36.1 Å². The van der Waals surface area contributed by atoms with Gasteiger partial charge in [-0.15, -0.1) is 0 Å². The highest BCUT2D eigenvalue weighted by atomic mass is 16.5. The summed E-state index contributed by atoms with van der Waals surface area (Å²) in [5, 5.41) is 3.20. The Labute approximate surface area is 160 Å². The van der Waals surface area contributed by atoms with Crippen LogP contribution in [0.15, 0.2) is 30.6 Å². The Bertz CT molecular complexity index is 755. The standard InChI is InChI=1S/C21H28N4O2/c1-4-18(25-21(26)17-9-10-19(27-3)23-13-17)15-5-7-16(8-6-15)20-22-12-11-14(2)24-20/h9-13,15-16,18H,4-8H2,1-3H3,(H,25,26)/t15-,16-,18?. The molecule has 1 amide bonds. The van der Waals surface area contributed by atoms with E-state index < -0.39 is 0 Å². The van der Waals surface area contributed by atoms with Gasteiger partial charge in [0.1, 0.15) is 5.82 Å². The number of rotatable bonds is 6. The molecule has 0 radical (unpaired) electrons. The van der Waals surface area contributed by atoms with Crippen LogP contribution < -0.4 is 10.1 Å². The molecule has 1 aliphatic carbocycles. The molecular formula is C21H28N4O2. The number of methoxy groups -OCH3 is 1. The minimum Gasteiger partial charge on any atom is -0.481 e. The first kappa shape index (κ1) is 19.3. The lowest BCUT2D eigenvalue weighted by atomic mass is 9.77. The Kier molecular flexibility index (Phi) is 6.37. The number of aromatic nitrogens is 3. The zero-order valence-corrected chi connectivity index (χ0v) is 16.3. The van der Waals surface area contributed by atoms with Crippen molar-refractivity contribution < 1.29 is 9.53 Å². The molecule has 1 N–H and O–H groups in total. The Morgan fingerprint density at radius 1 is 1.22 bits per heavy atom. The van der Waals surface area contributed by atoms with Gasteiger partial charge in [-0.3, -0.25) is 4.79 Å². The predicted molar refractivity (Wildman–Crippen MR) is 104 cm³/mol. The minimum atomic E-state index is -0.0684. The Balaban J connectivity index is 1.57. The number of nitrogens with one attached hydrogen (secondary N) is 1. The van der Waals surface area contributed by atoms with E-state index in [2.05, 4.69) is 27.2 Å². The van der Waals surface area contributed by atoms with E-state index in [0.717, 1.165) is 43.6 Å². The average molecular weight is 368 g/mol. The number of hydrogen-bond donors (Lipinski definition) is 1. The van der Waals surface area contributed by atoms with Crippen LogP contribution in [-0.2, 0) is 0 Å². The summed E-state index contributed by atoms with van der Waals surface area (Å²) in [5.74, 6) is 2.33. The van der Waals surface area contributed by atoms with E-state index in [-0.39, 0.29) is 11.9 Å². The van der Waals surface area contributed by atoms with Crippen LogP contribution in [0.5, 0.6) is 5.88 Å². The number of amides is 1. The number of carbonyl (C=O) groups excluding carboxylic acids is 1. The third kappa shape index (κ3) is 4.81. The van der Waals surface area contributed by atoms with E-state index in [9.17, 15) is 4.79 Å². The molecule has 1 unspecified atom stereocenters. The van der Waals surface area contributed by atoms with E-state index >= 15 is 0 Å². The van der Waals surface area contributed by atoms with Gasteiger partial charge in [0.05, 0.1) is 12.7 Å². The highest BCUT2D eigenvalue weighted by Crippen LogP contribution is 2.36. The maximum atomic E-state index is 12.6. The topological polar surface area (TPSA) is 77.0 Å². The van der Waals surface area contributed by atoms with Crippen LogP contribution in [0.1, 0.15) is 66.8 Å². The van der Waals surface area contributed by atoms with Gasteiger partial charge in [0.2, 0.25) is 5.88 Å². The number of pyridine rings is 1. The SMILES string of the molecule is CCC(NC(=O)c1ccc(OC)nc1)[C@H]1CC[C@H](c2nccc(C)n2)CC1. The molecule has 0 aromatic carbocycles. The molecule has 3 rings (SSSR count). The van der Waals surface area contributed by atoms with Gasteiger partial charge in [-0.05, 0) is 57.1 Å². The zero-order chi connectivity index (χ0) is 19.2. The zero-order valence-electron chi connectivity index (χ0n) is 16.3. The van der Waals surface area contributed by atoms with Crippen molar-refractivity contribution in [3.8, 4) is 5.88 Å². The summed E-state index contributed by atoms with van der Waals surface area (Å²) in [5.41, 5.74) is 1.59. The lowest BCUT2D eigenvalue weighted by molar-refractivity contribution is 0.0908. The molecule has 1 aliphatic rings. The van der Waals surface area contributed by atoms with E-state index in [1.807, 2.05) is 19.2 Å². The third-order valence-corrected chi connectivity index (χ3v) is 5.48. The lowest BCUT2D eigenvalue weighted by Crippen LogP contribution is -2.41. The van der Waals surface area contributed by atoms with Gasteiger partial charge in [0.15, 0.2) is 0 Å². The number of hydrogen-bond acceptors (Lipinski definition) is 5. The maximum absolute atomic E-state index is 12.6. The van der Waals surface area contributed by atoms with Gasteiger partial charge in [-0.2, -0.15) is 0 Å². The summed E-state index contributed by atoms with van der Waals surface area (Å²) < 4.78 is 5.05. The number of aryl methyl sites for hydroxylation is 1. The molecule has 1 saturated carbocycles. The Morgan fingerprint density at radius 3 is 2.59 bits per heavy atom. The van der Waals surface area contributed by atoms with Crippen LogP contribution in [0.4, 0.5) is 0 Å². The molecule has 6 heteroatoms. The van der Waals surface area contributed by atoms with Crippen LogP contribution in [0, 0.1) is 12.8 Å². The largest absolute Gasteiger partial charge is 0.481 e. The van der Waals surface area contributed by atoms with Crippen LogP contribution >= 0.6 is 0 Å². The molecule has 1 fully saturated rings. The van der Waals surface area contributed by atoms with Gasteiger partial charge in [-0.1, -0.05) is 6.92 Å². The van der Waals surface area contributed by atoms with E-state index in [4.69, 9.17) is 4.74 Å². The third-order valence-electron chi connectivity index (χ3n) is 5.48. The number of nitrogens with zero attached hydrogens (tertiary/aromatic N) is 3. The van der Waals surface area contributed by atoms with Crippen LogP contribution in [-0.4, -0.2) is 34.0 Å². The molecular weight excluding hydrogens is 340 g/mol. The van der Waals surface area contributed by atoms with Crippen LogP contribution in [0.25, 0.3) is 0 Å². The lowest BCUT2D eigenvalue weighted by Gasteiger charge is -2.33. The number of ether oxygens (including phenoxy) is 1. The Morgan fingerprint density at radius 2 is 2.00 bits per heavy atom. The highest BCUT2D eigenvalue weighted by Gasteiger charge is 2.29.